The zero-order chi connectivity index (χ0) is 19.3. The van der Waals surface area contributed by atoms with E-state index in [4.69, 9.17) is 14.2 Å². The second-order valence-corrected chi connectivity index (χ2v) is 5.17. The van der Waals surface area contributed by atoms with Crippen LogP contribution in [0.4, 0.5) is 13.2 Å². The van der Waals surface area contributed by atoms with Crippen molar-refractivity contribution in [2.24, 2.45) is 0 Å². The molecular weight excluding hydrogens is 347 g/mol. The van der Waals surface area contributed by atoms with Crippen LogP contribution in [0.15, 0.2) is 36.4 Å². The van der Waals surface area contributed by atoms with E-state index in [1.807, 2.05) is 6.07 Å². The van der Waals surface area contributed by atoms with Crippen LogP contribution in [0.3, 0.4) is 0 Å². The van der Waals surface area contributed by atoms with Gasteiger partial charge in [-0.25, -0.2) is 0 Å². The van der Waals surface area contributed by atoms with Crippen molar-refractivity contribution in [1.29, 1.82) is 5.26 Å². The van der Waals surface area contributed by atoms with Gasteiger partial charge in [-0.05, 0) is 35.9 Å². The summed E-state index contributed by atoms with van der Waals surface area (Å²) in [6, 6.07) is 9.69. The van der Waals surface area contributed by atoms with E-state index >= 15 is 0 Å². The molecule has 0 aliphatic heterocycles. The summed E-state index contributed by atoms with van der Waals surface area (Å²) in [6.07, 6.45) is -2.91. The first-order valence-corrected chi connectivity index (χ1v) is 7.44. The zero-order valence-electron chi connectivity index (χ0n) is 14.3. The van der Waals surface area contributed by atoms with E-state index in [9.17, 15) is 18.4 Å². The van der Waals surface area contributed by atoms with E-state index in [1.165, 1.54) is 39.5 Å². The summed E-state index contributed by atoms with van der Waals surface area (Å²) in [6.45, 7) is 0. The van der Waals surface area contributed by atoms with Crippen molar-refractivity contribution in [2.45, 2.75) is 6.18 Å². The second kappa shape index (κ2) is 7.83. The predicted molar refractivity (Wildman–Crippen MR) is 91.0 cm³/mol. The third-order valence-corrected chi connectivity index (χ3v) is 3.68. The quantitative estimate of drug-likeness (QED) is 0.566. The molecule has 0 N–H and O–H groups in total. The Labute approximate surface area is 149 Å². The molecule has 2 aromatic rings. The van der Waals surface area contributed by atoms with Crippen molar-refractivity contribution in [3.05, 3.63) is 53.1 Å². The SMILES string of the molecule is COc1ccc(C=C(C#N)c2ccc(C(F)(F)F)cc2)c(OC)c1OC. The topological polar surface area (TPSA) is 51.5 Å². The minimum absolute atomic E-state index is 0.184. The number of halogens is 3. The number of methoxy groups -OCH3 is 3. The van der Waals surface area contributed by atoms with E-state index < -0.39 is 11.7 Å². The minimum atomic E-state index is -4.43. The molecule has 136 valence electrons. The molecule has 7 heteroatoms. The number of nitriles is 1. The van der Waals surface area contributed by atoms with Crippen molar-refractivity contribution < 1.29 is 27.4 Å². The Morgan fingerprint density at radius 3 is 2.00 bits per heavy atom. The Morgan fingerprint density at radius 1 is 0.923 bits per heavy atom. The first-order valence-electron chi connectivity index (χ1n) is 7.44. The molecular formula is C19H16F3NO3. The molecule has 26 heavy (non-hydrogen) atoms. The fourth-order valence-electron chi connectivity index (χ4n) is 2.41. The molecule has 0 heterocycles. The van der Waals surface area contributed by atoms with E-state index in [2.05, 4.69) is 0 Å². The summed E-state index contributed by atoms with van der Waals surface area (Å²) in [5.41, 5.74) is 0.297. The first-order chi connectivity index (χ1) is 12.3. The molecule has 0 atom stereocenters. The molecule has 0 amide bonds. The molecule has 0 fully saturated rings. The maximum atomic E-state index is 12.7. The van der Waals surface area contributed by atoms with Gasteiger partial charge >= 0.3 is 6.18 Å². The monoisotopic (exact) mass is 363 g/mol. The van der Waals surface area contributed by atoms with Gasteiger partial charge in [0.2, 0.25) is 5.75 Å². The Hall–Kier alpha value is -3.14. The average molecular weight is 363 g/mol. The summed E-state index contributed by atoms with van der Waals surface area (Å²) >= 11 is 0. The normalized spacial score (nSPS) is 11.7. The van der Waals surface area contributed by atoms with Gasteiger partial charge in [0.05, 0.1) is 38.5 Å². The zero-order valence-corrected chi connectivity index (χ0v) is 14.3. The average Bonchev–Trinajstić information content (AvgIpc) is 2.64. The van der Waals surface area contributed by atoms with E-state index in [-0.39, 0.29) is 5.57 Å². The molecule has 0 saturated carbocycles. The predicted octanol–water partition coefficient (Wildman–Crippen LogP) is 4.80. The number of allylic oxidation sites excluding steroid dienone is 1. The van der Waals surface area contributed by atoms with Crippen LogP contribution in [0.5, 0.6) is 17.2 Å². The Kier molecular flexibility index (Phi) is 5.78. The summed E-state index contributed by atoms with van der Waals surface area (Å²) in [5.74, 6) is 1.16. The second-order valence-electron chi connectivity index (χ2n) is 5.17. The lowest BCUT2D eigenvalue weighted by molar-refractivity contribution is -0.137. The lowest BCUT2D eigenvalue weighted by Gasteiger charge is -2.14. The molecule has 0 radical (unpaired) electrons. The smallest absolute Gasteiger partial charge is 0.416 e. The van der Waals surface area contributed by atoms with Crippen LogP contribution in [-0.2, 0) is 6.18 Å². The van der Waals surface area contributed by atoms with Crippen LogP contribution >= 0.6 is 0 Å². The van der Waals surface area contributed by atoms with Crippen molar-refractivity contribution >= 4 is 11.6 Å². The number of ether oxygens (including phenoxy) is 3. The maximum Gasteiger partial charge on any atom is 0.416 e. The molecule has 2 rings (SSSR count). The first kappa shape index (κ1) is 19.2. The number of hydrogen-bond donors (Lipinski definition) is 0. The molecule has 0 aliphatic carbocycles. The Morgan fingerprint density at radius 2 is 1.54 bits per heavy atom. The fourth-order valence-corrected chi connectivity index (χ4v) is 2.41. The van der Waals surface area contributed by atoms with Gasteiger partial charge in [-0.2, -0.15) is 18.4 Å². The molecule has 0 aromatic heterocycles. The van der Waals surface area contributed by atoms with Gasteiger partial charge < -0.3 is 14.2 Å². The molecule has 4 nitrogen and oxygen atoms in total. The van der Waals surface area contributed by atoms with Crippen LogP contribution in [0, 0.1) is 11.3 Å². The van der Waals surface area contributed by atoms with Crippen molar-refractivity contribution in [3.8, 4) is 23.3 Å². The summed E-state index contributed by atoms with van der Waals surface area (Å²) in [7, 11) is 4.38. The summed E-state index contributed by atoms with van der Waals surface area (Å²) < 4.78 is 53.9. The van der Waals surface area contributed by atoms with Crippen LogP contribution < -0.4 is 14.2 Å². The van der Waals surface area contributed by atoms with Crippen LogP contribution in [-0.4, -0.2) is 21.3 Å². The van der Waals surface area contributed by atoms with Crippen molar-refractivity contribution in [2.75, 3.05) is 21.3 Å². The van der Waals surface area contributed by atoms with Crippen molar-refractivity contribution in [3.63, 3.8) is 0 Å². The summed E-state index contributed by atoms with van der Waals surface area (Å²) in [5, 5.41) is 9.42. The van der Waals surface area contributed by atoms with E-state index in [1.54, 1.807) is 12.1 Å². The number of alkyl halides is 3. The van der Waals surface area contributed by atoms with Gasteiger partial charge in [-0.1, -0.05) is 12.1 Å². The van der Waals surface area contributed by atoms with Gasteiger partial charge in [0, 0.05) is 5.56 Å². The minimum Gasteiger partial charge on any atom is -0.493 e. The summed E-state index contributed by atoms with van der Waals surface area (Å²) in [4.78, 5) is 0. The van der Waals surface area contributed by atoms with Gasteiger partial charge in [0.1, 0.15) is 0 Å². The Balaban J connectivity index is 2.51. The van der Waals surface area contributed by atoms with Gasteiger partial charge in [-0.15, -0.1) is 0 Å². The third kappa shape index (κ3) is 3.91. The van der Waals surface area contributed by atoms with Crippen LogP contribution in [0.1, 0.15) is 16.7 Å². The van der Waals surface area contributed by atoms with Crippen LogP contribution in [0.25, 0.3) is 11.6 Å². The standard InChI is InChI=1S/C19H16F3NO3/c1-24-16-9-6-13(17(25-2)18(16)26-3)10-14(11-23)12-4-7-15(8-5-12)19(20,21)22/h4-10H,1-3H3. The highest BCUT2D eigenvalue weighted by Gasteiger charge is 2.30. The number of rotatable bonds is 5. The van der Waals surface area contributed by atoms with Gasteiger partial charge in [0.25, 0.3) is 0 Å². The largest absolute Gasteiger partial charge is 0.493 e. The van der Waals surface area contributed by atoms with Crippen LogP contribution in [0.2, 0.25) is 0 Å². The Bertz CT molecular complexity index is 850. The molecule has 0 unspecified atom stereocenters. The van der Waals surface area contributed by atoms with Gasteiger partial charge in [-0.3, -0.25) is 0 Å². The molecule has 0 spiro atoms. The van der Waals surface area contributed by atoms with E-state index in [0.29, 0.717) is 28.4 Å². The van der Waals surface area contributed by atoms with E-state index in [0.717, 1.165) is 12.1 Å². The fraction of sp³-hybridized carbons (Fsp3) is 0.211. The molecule has 0 aliphatic rings. The lowest BCUT2D eigenvalue weighted by Crippen LogP contribution is -2.04. The molecule has 0 saturated heterocycles. The highest BCUT2D eigenvalue weighted by atomic mass is 19.4. The lowest BCUT2D eigenvalue weighted by atomic mass is 10.0. The molecule has 0 bridgehead atoms. The highest BCUT2D eigenvalue weighted by molar-refractivity contribution is 5.91. The maximum absolute atomic E-state index is 12.7. The molecule has 2 aromatic carbocycles. The number of nitrogens with zero attached hydrogens (tertiary/aromatic N) is 1. The number of hydrogen-bond acceptors (Lipinski definition) is 4. The third-order valence-electron chi connectivity index (χ3n) is 3.68. The highest BCUT2D eigenvalue weighted by Crippen LogP contribution is 2.41. The number of benzene rings is 2. The van der Waals surface area contributed by atoms with Crippen molar-refractivity contribution in [1.82, 2.24) is 0 Å². The van der Waals surface area contributed by atoms with Gasteiger partial charge in [0.15, 0.2) is 11.5 Å².